The van der Waals surface area contributed by atoms with Crippen LogP contribution in [0.1, 0.15) is 18.9 Å². The second kappa shape index (κ2) is 7.28. The monoisotopic (exact) mass is 286 g/mol. The van der Waals surface area contributed by atoms with E-state index in [1.807, 2.05) is 30.3 Å². The van der Waals surface area contributed by atoms with Gasteiger partial charge in [0.2, 0.25) is 0 Å². The first-order valence-electron chi connectivity index (χ1n) is 6.89. The summed E-state index contributed by atoms with van der Waals surface area (Å²) in [6, 6.07) is 14.3. The molecule has 0 aliphatic rings. The van der Waals surface area contributed by atoms with Crippen LogP contribution in [0.2, 0.25) is 0 Å². The van der Waals surface area contributed by atoms with Gasteiger partial charge in [-0.1, -0.05) is 25.1 Å². The first-order valence-corrected chi connectivity index (χ1v) is 6.89. The standard InChI is InChI=1S/C16H18N2O3/c1-2-9-21-16-8-3-5-13(10-16)12-17-14-6-4-7-15(11-14)18(19)20/h3-8,10-11,17H,2,9,12H2,1H3. The Morgan fingerprint density at radius 3 is 2.76 bits per heavy atom. The topological polar surface area (TPSA) is 64.4 Å². The zero-order chi connectivity index (χ0) is 15.1. The van der Waals surface area contributed by atoms with Gasteiger partial charge >= 0.3 is 0 Å². The number of benzene rings is 2. The molecule has 0 heterocycles. The molecule has 0 aliphatic heterocycles. The second-order valence-corrected chi connectivity index (χ2v) is 4.66. The van der Waals surface area contributed by atoms with Crippen molar-refractivity contribution in [2.75, 3.05) is 11.9 Å². The summed E-state index contributed by atoms with van der Waals surface area (Å²) in [5.74, 6) is 0.843. The SMILES string of the molecule is CCCOc1cccc(CNc2cccc([N+](=O)[O-])c2)c1. The second-order valence-electron chi connectivity index (χ2n) is 4.66. The Balaban J connectivity index is 1.99. The summed E-state index contributed by atoms with van der Waals surface area (Å²) in [6.45, 7) is 3.35. The van der Waals surface area contributed by atoms with Crippen LogP contribution in [0.5, 0.6) is 5.75 Å². The lowest BCUT2D eigenvalue weighted by Crippen LogP contribution is -2.01. The number of nitrogens with zero attached hydrogens (tertiary/aromatic N) is 1. The summed E-state index contributed by atoms with van der Waals surface area (Å²) in [7, 11) is 0. The minimum Gasteiger partial charge on any atom is -0.494 e. The zero-order valence-electron chi connectivity index (χ0n) is 11.9. The predicted molar refractivity (Wildman–Crippen MR) is 82.7 cm³/mol. The van der Waals surface area contributed by atoms with Gasteiger partial charge in [-0.05, 0) is 30.2 Å². The molecule has 2 aromatic carbocycles. The van der Waals surface area contributed by atoms with E-state index in [-0.39, 0.29) is 5.69 Å². The third kappa shape index (κ3) is 4.49. The maximum absolute atomic E-state index is 10.7. The molecule has 0 atom stereocenters. The van der Waals surface area contributed by atoms with Crippen molar-refractivity contribution in [3.8, 4) is 5.75 Å². The van der Waals surface area contributed by atoms with Crippen LogP contribution in [-0.4, -0.2) is 11.5 Å². The largest absolute Gasteiger partial charge is 0.494 e. The Morgan fingerprint density at radius 1 is 1.19 bits per heavy atom. The first kappa shape index (κ1) is 14.8. The highest BCUT2D eigenvalue weighted by Gasteiger charge is 2.05. The van der Waals surface area contributed by atoms with Crippen LogP contribution in [0.25, 0.3) is 0 Å². The molecule has 5 heteroatoms. The Morgan fingerprint density at radius 2 is 2.00 bits per heavy atom. The molecule has 1 N–H and O–H groups in total. The van der Waals surface area contributed by atoms with E-state index in [0.29, 0.717) is 13.2 Å². The van der Waals surface area contributed by atoms with Crippen molar-refractivity contribution in [2.45, 2.75) is 19.9 Å². The highest BCUT2D eigenvalue weighted by atomic mass is 16.6. The van der Waals surface area contributed by atoms with Gasteiger partial charge in [-0.2, -0.15) is 0 Å². The number of anilines is 1. The van der Waals surface area contributed by atoms with Crippen molar-refractivity contribution in [3.63, 3.8) is 0 Å². The fourth-order valence-corrected chi connectivity index (χ4v) is 1.90. The summed E-state index contributed by atoms with van der Waals surface area (Å²) in [4.78, 5) is 10.3. The molecule has 21 heavy (non-hydrogen) atoms. The summed E-state index contributed by atoms with van der Waals surface area (Å²) in [5.41, 5.74) is 1.87. The van der Waals surface area contributed by atoms with Gasteiger partial charge in [-0.3, -0.25) is 10.1 Å². The van der Waals surface area contributed by atoms with Crippen molar-refractivity contribution >= 4 is 11.4 Å². The third-order valence-electron chi connectivity index (χ3n) is 2.92. The van der Waals surface area contributed by atoms with Crippen LogP contribution in [0.15, 0.2) is 48.5 Å². The van der Waals surface area contributed by atoms with Crippen LogP contribution in [-0.2, 0) is 6.54 Å². The average molecular weight is 286 g/mol. The molecular formula is C16H18N2O3. The van der Waals surface area contributed by atoms with Gasteiger partial charge in [-0.25, -0.2) is 0 Å². The predicted octanol–water partition coefficient (Wildman–Crippen LogP) is 4.00. The fraction of sp³-hybridized carbons (Fsp3) is 0.250. The van der Waals surface area contributed by atoms with E-state index in [0.717, 1.165) is 23.4 Å². The molecule has 0 saturated carbocycles. The maximum Gasteiger partial charge on any atom is 0.271 e. The fourth-order valence-electron chi connectivity index (χ4n) is 1.90. The molecule has 0 saturated heterocycles. The number of nitrogens with one attached hydrogen (secondary N) is 1. The molecule has 0 radical (unpaired) electrons. The number of non-ortho nitro benzene ring substituents is 1. The molecule has 0 spiro atoms. The lowest BCUT2D eigenvalue weighted by molar-refractivity contribution is -0.384. The maximum atomic E-state index is 10.7. The van der Waals surface area contributed by atoms with Gasteiger partial charge in [-0.15, -0.1) is 0 Å². The lowest BCUT2D eigenvalue weighted by Gasteiger charge is -2.09. The molecule has 0 bridgehead atoms. The van der Waals surface area contributed by atoms with Gasteiger partial charge in [0.05, 0.1) is 11.5 Å². The van der Waals surface area contributed by atoms with Crippen molar-refractivity contribution in [1.82, 2.24) is 0 Å². The zero-order valence-corrected chi connectivity index (χ0v) is 11.9. The van der Waals surface area contributed by atoms with Gasteiger partial charge in [0.15, 0.2) is 0 Å². The summed E-state index contributed by atoms with van der Waals surface area (Å²) in [6.07, 6.45) is 0.968. The Hall–Kier alpha value is -2.56. The van der Waals surface area contributed by atoms with E-state index in [9.17, 15) is 10.1 Å². The van der Waals surface area contributed by atoms with Crippen molar-refractivity contribution in [2.24, 2.45) is 0 Å². The van der Waals surface area contributed by atoms with Crippen LogP contribution < -0.4 is 10.1 Å². The third-order valence-corrected chi connectivity index (χ3v) is 2.92. The van der Waals surface area contributed by atoms with Crippen LogP contribution in [0.4, 0.5) is 11.4 Å². The van der Waals surface area contributed by atoms with E-state index in [1.54, 1.807) is 6.07 Å². The molecule has 5 nitrogen and oxygen atoms in total. The van der Waals surface area contributed by atoms with Crippen molar-refractivity contribution in [3.05, 3.63) is 64.2 Å². The minimum atomic E-state index is -0.398. The number of hydrogen-bond acceptors (Lipinski definition) is 4. The molecule has 2 rings (SSSR count). The average Bonchev–Trinajstić information content (AvgIpc) is 2.51. The molecule has 110 valence electrons. The van der Waals surface area contributed by atoms with Crippen molar-refractivity contribution in [1.29, 1.82) is 0 Å². The van der Waals surface area contributed by atoms with E-state index in [1.165, 1.54) is 12.1 Å². The molecule has 0 aliphatic carbocycles. The number of rotatable bonds is 7. The summed E-state index contributed by atoms with van der Waals surface area (Å²) < 4.78 is 5.58. The summed E-state index contributed by atoms with van der Waals surface area (Å²) >= 11 is 0. The molecule has 0 fully saturated rings. The molecule has 0 amide bonds. The number of hydrogen-bond donors (Lipinski definition) is 1. The molecule has 0 aromatic heterocycles. The Labute approximate surface area is 123 Å². The lowest BCUT2D eigenvalue weighted by atomic mass is 10.2. The first-order chi connectivity index (χ1) is 10.2. The van der Waals surface area contributed by atoms with Crippen LogP contribution in [0, 0.1) is 10.1 Å². The van der Waals surface area contributed by atoms with Gasteiger partial charge in [0, 0.05) is 24.4 Å². The normalized spacial score (nSPS) is 10.1. The highest BCUT2D eigenvalue weighted by molar-refractivity contribution is 5.51. The van der Waals surface area contributed by atoms with Gasteiger partial charge in [0.25, 0.3) is 5.69 Å². The van der Waals surface area contributed by atoms with E-state index < -0.39 is 4.92 Å². The Kier molecular flexibility index (Phi) is 5.15. The molecule has 2 aromatic rings. The van der Waals surface area contributed by atoms with Crippen LogP contribution in [0.3, 0.4) is 0 Å². The quantitative estimate of drug-likeness (QED) is 0.617. The van der Waals surface area contributed by atoms with E-state index in [4.69, 9.17) is 4.74 Å². The Bertz CT molecular complexity index is 614. The van der Waals surface area contributed by atoms with Crippen molar-refractivity contribution < 1.29 is 9.66 Å². The number of nitro benzene ring substituents is 1. The minimum absolute atomic E-state index is 0.0834. The molecule has 0 unspecified atom stereocenters. The van der Waals surface area contributed by atoms with E-state index in [2.05, 4.69) is 12.2 Å². The van der Waals surface area contributed by atoms with E-state index >= 15 is 0 Å². The number of ether oxygens (including phenoxy) is 1. The molecular weight excluding hydrogens is 268 g/mol. The number of nitro groups is 1. The van der Waals surface area contributed by atoms with Gasteiger partial charge < -0.3 is 10.1 Å². The van der Waals surface area contributed by atoms with Gasteiger partial charge in [0.1, 0.15) is 5.75 Å². The smallest absolute Gasteiger partial charge is 0.271 e. The summed E-state index contributed by atoms with van der Waals surface area (Å²) in [5, 5.41) is 13.9. The van der Waals surface area contributed by atoms with Crippen LogP contribution >= 0.6 is 0 Å². The highest BCUT2D eigenvalue weighted by Crippen LogP contribution is 2.19.